The highest BCUT2D eigenvalue weighted by molar-refractivity contribution is 7.89. The molecule has 0 aliphatic rings. The van der Waals surface area contributed by atoms with E-state index in [1.54, 1.807) is 27.7 Å². The summed E-state index contributed by atoms with van der Waals surface area (Å²) in [5, 5.41) is 10.9. The van der Waals surface area contributed by atoms with E-state index in [-0.39, 0.29) is 17.1 Å². The molecule has 1 aromatic rings. The monoisotopic (exact) mass is 301 g/mol. The Bertz CT molecular complexity index is 633. The Balaban J connectivity index is 3.23. The van der Waals surface area contributed by atoms with Crippen molar-refractivity contribution in [3.05, 3.63) is 33.4 Å². The van der Waals surface area contributed by atoms with E-state index in [2.05, 4.69) is 4.72 Å². The summed E-state index contributed by atoms with van der Waals surface area (Å²) in [5.41, 5.74) is 5.80. The minimum absolute atomic E-state index is 0.0378. The molecule has 7 nitrogen and oxygen atoms in total. The Labute approximate surface area is 118 Å². The third kappa shape index (κ3) is 3.99. The fraction of sp³-hybridized carbons (Fsp3) is 0.500. The summed E-state index contributed by atoms with van der Waals surface area (Å²) in [6, 6.07) is 2.47. The maximum atomic E-state index is 12.1. The van der Waals surface area contributed by atoms with Crippen molar-refractivity contribution < 1.29 is 13.3 Å². The SMILES string of the molecule is Cc1cc(S(=O)(=O)NCC(C)(C)N)cc([N+](=O)[O-])c1C. The number of nitro groups is 1. The molecule has 0 saturated heterocycles. The van der Waals surface area contributed by atoms with Gasteiger partial charge in [0.2, 0.25) is 10.0 Å². The molecule has 0 bridgehead atoms. The van der Waals surface area contributed by atoms with Gasteiger partial charge in [0, 0.05) is 23.7 Å². The standard InChI is InChI=1S/C12H19N3O4S/c1-8-5-10(6-11(9(8)2)15(16)17)20(18,19)14-7-12(3,4)13/h5-6,14H,7,13H2,1-4H3. The van der Waals surface area contributed by atoms with Gasteiger partial charge in [-0.15, -0.1) is 0 Å². The van der Waals surface area contributed by atoms with Crippen LogP contribution in [0.3, 0.4) is 0 Å². The molecule has 0 fully saturated rings. The number of nitrogens with zero attached hydrogens (tertiary/aromatic N) is 1. The van der Waals surface area contributed by atoms with Crippen LogP contribution in [-0.4, -0.2) is 25.4 Å². The number of hydrogen-bond donors (Lipinski definition) is 2. The highest BCUT2D eigenvalue weighted by Crippen LogP contribution is 2.25. The summed E-state index contributed by atoms with van der Waals surface area (Å²) in [4.78, 5) is 10.2. The highest BCUT2D eigenvalue weighted by Gasteiger charge is 2.23. The Kier molecular flexibility index (Phi) is 4.52. The molecule has 0 atom stereocenters. The molecule has 3 N–H and O–H groups in total. The van der Waals surface area contributed by atoms with Crippen molar-refractivity contribution in [3.63, 3.8) is 0 Å². The molecule has 0 aliphatic carbocycles. The lowest BCUT2D eigenvalue weighted by molar-refractivity contribution is -0.385. The fourth-order valence-corrected chi connectivity index (χ4v) is 2.84. The van der Waals surface area contributed by atoms with E-state index in [0.717, 1.165) is 6.07 Å². The average molecular weight is 301 g/mol. The number of nitrogens with two attached hydrogens (primary N) is 1. The topological polar surface area (TPSA) is 115 Å². The number of aryl methyl sites for hydroxylation is 1. The van der Waals surface area contributed by atoms with Crippen LogP contribution in [0.1, 0.15) is 25.0 Å². The predicted octanol–water partition coefficient (Wildman–Crippen LogP) is 1.23. The van der Waals surface area contributed by atoms with Crippen molar-refractivity contribution in [1.82, 2.24) is 4.72 Å². The second-order valence-corrected chi connectivity index (χ2v) is 7.22. The van der Waals surface area contributed by atoms with Crippen LogP contribution in [0, 0.1) is 24.0 Å². The van der Waals surface area contributed by atoms with Crippen molar-refractivity contribution in [2.45, 2.75) is 38.1 Å². The zero-order valence-corrected chi connectivity index (χ0v) is 12.7. The van der Waals surface area contributed by atoms with Gasteiger partial charge in [0.05, 0.1) is 9.82 Å². The summed E-state index contributed by atoms with van der Waals surface area (Å²) >= 11 is 0. The first-order valence-electron chi connectivity index (χ1n) is 5.98. The number of hydrogen-bond acceptors (Lipinski definition) is 5. The van der Waals surface area contributed by atoms with Crippen molar-refractivity contribution in [2.75, 3.05) is 6.54 Å². The second kappa shape index (κ2) is 5.47. The molecular formula is C12H19N3O4S. The number of nitro benzene ring substituents is 1. The Morgan fingerprint density at radius 2 is 1.90 bits per heavy atom. The molecule has 1 aromatic carbocycles. The van der Waals surface area contributed by atoms with E-state index in [1.165, 1.54) is 6.07 Å². The lowest BCUT2D eigenvalue weighted by Gasteiger charge is -2.19. The molecule has 0 spiro atoms. The van der Waals surface area contributed by atoms with Crippen LogP contribution in [0.25, 0.3) is 0 Å². The minimum Gasteiger partial charge on any atom is -0.324 e. The molecule has 20 heavy (non-hydrogen) atoms. The summed E-state index contributed by atoms with van der Waals surface area (Å²) < 4.78 is 26.6. The van der Waals surface area contributed by atoms with E-state index in [4.69, 9.17) is 5.73 Å². The van der Waals surface area contributed by atoms with Crippen molar-refractivity contribution in [2.24, 2.45) is 5.73 Å². The van der Waals surface area contributed by atoms with Gasteiger partial charge in [-0.2, -0.15) is 0 Å². The number of benzene rings is 1. The molecule has 8 heteroatoms. The van der Waals surface area contributed by atoms with Crippen LogP contribution in [0.4, 0.5) is 5.69 Å². The molecule has 1 rings (SSSR count). The van der Waals surface area contributed by atoms with E-state index >= 15 is 0 Å². The molecule has 0 saturated carbocycles. The zero-order chi connectivity index (χ0) is 15.7. The largest absolute Gasteiger partial charge is 0.324 e. The number of sulfonamides is 1. The molecule has 0 aromatic heterocycles. The molecule has 0 unspecified atom stereocenters. The molecule has 112 valence electrons. The van der Waals surface area contributed by atoms with Gasteiger partial charge >= 0.3 is 0 Å². The zero-order valence-electron chi connectivity index (χ0n) is 11.9. The first-order valence-corrected chi connectivity index (χ1v) is 7.46. The first-order chi connectivity index (χ1) is 8.94. The number of nitrogens with one attached hydrogen (secondary N) is 1. The van der Waals surface area contributed by atoms with Gasteiger partial charge in [-0.3, -0.25) is 10.1 Å². The minimum atomic E-state index is -3.82. The quantitative estimate of drug-likeness (QED) is 0.627. The Morgan fingerprint density at radius 1 is 1.35 bits per heavy atom. The number of rotatable bonds is 5. The van der Waals surface area contributed by atoms with E-state index in [9.17, 15) is 18.5 Å². The van der Waals surface area contributed by atoms with Crippen LogP contribution >= 0.6 is 0 Å². The summed E-state index contributed by atoms with van der Waals surface area (Å²) in [6.07, 6.45) is 0. The Morgan fingerprint density at radius 3 is 2.35 bits per heavy atom. The van der Waals surface area contributed by atoms with Crippen LogP contribution in [0.5, 0.6) is 0 Å². The maximum absolute atomic E-state index is 12.1. The van der Waals surface area contributed by atoms with Gasteiger partial charge in [0.1, 0.15) is 0 Å². The van der Waals surface area contributed by atoms with Crippen LogP contribution in [0.2, 0.25) is 0 Å². The van der Waals surface area contributed by atoms with E-state index in [0.29, 0.717) is 11.1 Å². The third-order valence-electron chi connectivity index (χ3n) is 2.84. The average Bonchev–Trinajstić information content (AvgIpc) is 2.28. The lowest BCUT2D eigenvalue weighted by atomic mass is 10.1. The van der Waals surface area contributed by atoms with Crippen molar-refractivity contribution in [1.29, 1.82) is 0 Å². The van der Waals surface area contributed by atoms with Crippen molar-refractivity contribution >= 4 is 15.7 Å². The van der Waals surface area contributed by atoms with E-state index < -0.39 is 20.5 Å². The van der Waals surface area contributed by atoms with Gasteiger partial charge in [-0.05, 0) is 39.3 Å². The summed E-state index contributed by atoms with van der Waals surface area (Å²) in [5.74, 6) is 0. The second-order valence-electron chi connectivity index (χ2n) is 5.45. The third-order valence-corrected chi connectivity index (χ3v) is 4.22. The van der Waals surface area contributed by atoms with Crippen LogP contribution in [-0.2, 0) is 10.0 Å². The lowest BCUT2D eigenvalue weighted by Crippen LogP contribution is -2.45. The molecule has 0 heterocycles. The van der Waals surface area contributed by atoms with Gasteiger partial charge < -0.3 is 5.73 Å². The smallest absolute Gasteiger partial charge is 0.273 e. The fourth-order valence-electron chi connectivity index (χ4n) is 1.52. The molecular weight excluding hydrogens is 282 g/mol. The first kappa shape index (κ1) is 16.5. The molecule has 0 aliphatic heterocycles. The van der Waals surface area contributed by atoms with Gasteiger partial charge in [0.15, 0.2) is 0 Å². The van der Waals surface area contributed by atoms with E-state index in [1.807, 2.05) is 0 Å². The van der Waals surface area contributed by atoms with Crippen LogP contribution < -0.4 is 10.5 Å². The van der Waals surface area contributed by atoms with Gasteiger partial charge in [-0.25, -0.2) is 13.1 Å². The molecule has 0 radical (unpaired) electrons. The van der Waals surface area contributed by atoms with Crippen LogP contribution in [0.15, 0.2) is 17.0 Å². The normalized spacial score (nSPS) is 12.4. The van der Waals surface area contributed by atoms with Gasteiger partial charge in [-0.1, -0.05) is 0 Å². The predicted molar refractivity (Wildman–Crippen MR) is 76.0 cm³/mol. The highest BCUT2D eigenvalue weighted by atomic mass is 32.2. The molecule has 0 amide bonds. The Hall–Kier alpha value is -1.51. The van der Waals surface area contributed by atoms with Gasteiger partial charge in [0.25, 0.3) is 5.69 Å². The summed E-state index contributed by atoms with van der Waals surface area (Å²) in [6.45, 7) is 6.61. The summed E-state index contributed by atoms with van der Waals surface area (Å²) in [7, 11) is -3.82. The maximum Gasteiger partial charge on any atom is 0.273 e. The van der Waals surface area contributed by atoms with Crippen molar-refractivity contribution in [3.8, 4) is 0 Å².